The van der Waals surface area contributed by atoms with Gasteiger partial charge in [0.15, 0.2) is 0 Å². The van der Waals surface area contributed by atoms with Crippen molar-refractivity contribution >= 4 is 0 Å². The number of nitrogens with zero attached hydrogens (tertiary/aromatic N) is 1. The van der Waals surface area contributed by atoms with Gasteiger partial charge in [-0.15, -0.1) is 0 Å². The summed E-state index contributed by atoms with van der Waals surface area (Å²) in [6, 6.07) is 10.8. The Hall–Kier alpha value is -0.860. The van der Waals surface area contributed by atoms with Crippen molar-refractivity contribution in [3.05, 3.63) is 35.4 Å². The summed E-state index contributed by atoms with van der Waals surface area (Å²) in [5.74, 6) is 0.871. The highest BCUT2D eigenvalue weighted by Crippen LogP contribution is 2.40. The van der Waals surface area contributed by atoms with E-state index in [1.807, 2.05) is 0 Å². The molecule has 0 amide bonds. The maximum absolute atomic E-state index is 3.84. The highest BCUT2D eigenvalue weighted by molar-refractivity contribution is 5.29. The van der Waals surface area contributed by atoms with Gasteiger partial charge in [-0.05, 0) is 55.7 Å². The first-order valence-electron chi connectivity index (χ1n) is 8.46. The lowest BCUT2D eigenvalue weighted by atomic mass is 9.98. The van der Waals surface area contributed by atoms with Crippen molar-refractivity contribution in [2.75, 3.05) is 13.1 Å². The van der Waals surface area contributed by atoms with E-state index in [1.165, 1.54) is 57.2 Å². The molecule has 2 heteroatoms. The number of benzene rings is 1. The molecule has 20 heavy (non-hydrogen) atoms. The molecule has 4 rings (SSSR count). The van der Waals surface area contributed by atoms with Gasteiger partial charge < -0.3 is 5.32 Å². The van der Waals surface area contributed by atoms with Crippen molar-refractivity contribution in [3.8, 4) is 0 Å². The fraction of sp³-hybridized carbons (Fsp3) is 0.667. The lowest BCUT2D eigenvalue weighted by Gasteiger charge is -2.32. The molecule has 3 aliphatic rings. The second kappa shape index (κ2) is 5.50. The SMILES string of the molecule is c1cc(CNC2CCN3CCCCC23)cc(C2CC2)c1. The Labute approximate surface area is 122 Å². The lowest BCUT2D eigenvalue weighted by Crippen LogP contribution is -2.44. The third-order valence-corrected chi connectivity index (χ3v) is 5.42. The second-order valence-corrected chi connectivity index (χ2v) is 6.89. The Balaban J connectivity index is 1.36. The fourth-order valence-electron chi connectivity index (χ4n) is 4.11. The maximum atomic E-state index is 3.84. The van der Waals surface area contributed by atoms with Gasteiger partial charge in [0.05, 0.1) is 0 Å². The average molecular weight is 270 g/mol. The summed E-state index contributed by atoms with van der Waals surface area (Å²) in [5.41, 5.74) is 3.04. The standard InChI is InChI=1S/C18H26N2/c1-2-10-20-11-9-17(18(20)6-1)19-13-14-4-3-5-16(12-14)15-7-8-15/h3-5,12,15,17-19H,1-2,6-11,13H2. The van der Waals surface area contributed by atoms with Crippen LogP contribution in [0.3, 0.4) is 0 Å². The molecule has 1 saturated carbocycles. The van der Waals surface area contributed by atoms with Gasteiger partial charge in [-0.3, -0.25) is 4.90 Å². The molecular weight excluding hydrogens is 244 g/mol. The number of rotatable bonds is 4. The summed E-state index contributed by atoms with van der Waals surface area (Å²) in [5, 5.41) is 3.84. The zero-order valence-electron chi connectivity index (χ0n) is 12.4. The molecule has 2 nitrogen and oxygen atoms in total. The van der Waals surface area contributed by atoms with Crippen LogP contribution in [-0.4, -0.2) is 30.1 Å². The molecule has 1 aliphatic carbocycles. The Morgan fingerprint density at radius 2 is 2.00 bits per heavy atom. The Bertz CT molecular complexity index is 466. The predicted molar refractivity (Wildman–Crippen MR) is 82.9 cm³/mol. The first kappa shape index (κ1) is 12.8. The number of hydrogen-bond acceptors (Lipinski definition) is 2. The third-order valence-electron chi connectivity index (χ3n) is 5.42. The molecule has 0 spiro atoms. The third kappa shape index (κ3) is 2.64. The Kier molecular flexibility index (Phi) is 3.53. The van der Waals surface area contributed by atoms with Gasteiger partial charge in [-0.25, -0.2) is 0 Å². The molecule has 2 atom stereocenters. The van der Waals surface area contributed by atoms with Crippen LogP contribution in [0.2, 0.25) is 0 Å². The monoisotopic (exact) mass is 270 g/mol. The van der Waals surface area contributed by atoms with Crippen molar-refractivity contribution in [2.45, 2.75) is 63.1 Å². The minimum Gasteiger partial charge on any atom is -0.308 e. The van der Waals surface area contributed by atoms with Crippen LogP contribution in [0.15, 0.2) is 24.3 Å². The zero-order valence-corrected chi connectivity index (χ0v) is 12.4. The molecule has 1 aromatic carbocycles. The molecule has 2 unspecified atom stereocenters. The summed E-state index contributed by atoms with van der Waals surface area (Å²) in [7, 11) is 0. The minimum absolute atomic E-state index is 0.722. The van der Waals surface area contributed by atoms with Crippen molar-refractivity contribution in [1.82, 2.24) is 10.2 Å². The molecule has 2 saturated heterocycles. The number of hydrogen-bond donors (Lipinski definition) is 1. The number of piperidine rings is 1. The molecule has 3 fully saturated rings. The van der Waals surface area contributed by atoms with Crippen molar-refractivity contribution in [1.29, 1.82) is 0 Å². The van der Waals surface area contributed by atoms with Crippen LogP contribution < -0.4 is 5.32 Å². The van der Waals surface area contributed by atoms with Gasteiger partial charge in [0.2, 0.25) is 0 Å². The van der Waals surface area contributed by atoms with Crippen LogP contribution in [0.1, 0.15) is 55.6 Å². The minimum atomic E-state index is 0.722. The van der Waals surface area contributed by atoms with Gasteiger partial charge in [0.1, 0.15) is 0 Å². The zero-order chi connectivity index (χ0) is 13.4. The molecule has 0 radical (unpaired) electrons. The van der Waals surface area contributed by atoms with Crippen LogP contribution in [0.4, 0.5) is 0 Å². The number of fused-ring (bicyclic) bond motifs is 1. The van der Waals surface area contributed by atoms with E-state index in [4.69, 9.17) is 0 Å². The van der Waals surface area contributed by atoms with E-state index < -0.39 is 0 Å². The smallest absolute Gasteiger partial charge is 0.0249 e. The Morgan fingerprint density at radius 3 is 2.90 bits per heavy atom. The summed E-state index contributed by atoms with van der Waals surface area (Å²) >= 11 is 0. The molecule has 1 N–H and O–H groups in total. The van der Waals surface area contributed by atoms with E-state index >= 15 is 0 Å². The maximum Gasteiger partial charge on any atom is 0.0249 e. The van der Waals surface area contributed by atoms with Crippen LogP contribution >= 0.6 is 0 Å². The van der Waals surface area contributed by atoms with E-state index in [0.717, 1.165) is 24.5 Å². The topological polar surface area (TPSA) is 15.3 Å². The van der Waals surface area contributed by atoms with E-state index in [0.29, 0.717) is 0 Å². The molecule has 2 heterocycles. The van der Waals surface area contributed by atoms with Gasteiger partial charge in [-0.1, -0.05) is 30.7 Å². The van der Waals surface area contributed by atoms with Gasteiger partial charge in [0.25, 0.3) is 0 Å². The largest absolute Gasteiger partial charge is 0.308 e. The van der Waals surface area contributed by atoms with Crippen molar-refractivity contribution < 1.29 is 0 Å². The van der Waals surface area contributed by atoms with Crippen LogP contribution in [-0.2, 0) is 6.54 Å². The summed E-state index contributed by atoms with van der Waals surface area (Å²) in [6.45, 7) is 3.69. The Morgan fingerprint density at radius 1 is 1.05 bits per heavy atom. The molecule has 0 aromatic heterocycles. The highest BCUT2D eigenvalue weighted by Gasteiger charge is 2.34. The van der Waals surface area contributed by atoms with Crippen molar-refractivity contribution in [2.24, 2.45) is 0 Å². The molecule has 1 aromatic rings. The van der Waals surface area contributed by atoms with Gasteiger partial charge in [0, 0.05) is 25.2 Å². The summed E-state index contributed by atoms with van der Waals surface area (Å²) in [6.07, 6.45) is 8.38. The first-order valence-corrected chi connectivity index (χ1v) is 8.46. The van der Waals surface area contributed by atoms with Crippen LogP contribution in [0, 0.1) is 0 Å². The predicted octanol–water partition coefficient (Wildman–Crippen LogP) is 3.28. The van der Waals surface area contributed by atoms with Crippen LogP contribution in [0.25, 0.3) is 0 Å². The van der Waals surface area contributed by atoms with E-state index in [1.54, 1.807) is 5.56 Å². The molecular formula is C18H26N2. The van der Waals surface area contributed by atoms with Crippen LogP contribution in [0.5, 0.6) is 0 Å². The summed E-state index contributed by atoms with van der Waals surface area (Å²) < 4.78 is 0. The van der Waals surface area contributed by atoms with Gasteiger partial charge >= 0.3 is 0 Å². The van der Waals surface area contributed by atoms with Gasteiger partial charge in [-0.2, -0.15) is 0 Å². The average Bonchev–Trinajstić information content (AvgIpc) is 3.27. The second-order valence-electron chi connectivity index (χ2n) is 6.89. The molecule has 0 bridgehead atoms. The van der Waals surface area contributed by atoms with E-state index in [-0.39, 0.29) is 0 Å². The molecule has 108 valence electrons. The first-order chi connectivity index (χ1) is 9.90. The van der Waals surface area contributed by atoms with E-state index in [9.17, 15) is 0 Å². The normalized spacial score (nSPS) is 30.4. The van der Waals surface area contributed by atoms with Crippen molar-refractivity contribution in [3.63, 3.8) is 0 Å². The van der Waals surface area contributed by atoms with E-state index in [2.05, 4.69) is 34.5 Å². The lowest BCUT2D eigenvalue weighted by molar-refractivity contribution is 0.180. The highest BCUT2D eigenvalue weighted by atomic mass is 15.2. The molecule has 2 aliphatic heterocycles. The number of nitrogens with one attached hydrogen (secondary N) is 1. The quantitative estimate of drug-likeness (QED) is 0.903. The fourth-order valence-corrected chi connectivity index (χ4v) is 4.11. The summed E-state index contributed by atoms with van der Waals surface area (Å²) in [4.78, 5) is 2.71.